The Labute approximate surface area is 130 Å². The molecule has 6 nitrogen and oxygen atoms in total. The lowest BCUT2D eigenvalue weighted by atomic mass is 10.1. The smallest absolute Gasteiger partial charge is 0.258 e. The summed E-state index contributed by atoms with van der Waals surface area (Å²) in [6.07, 6.45) is 3.44. The first-order valence-electron chi connectivity index (χ1n) is 7.20. The van der Waals surface area contributed by atoms with Crippen LogP contribution in [0.1, 0.15) is 38.2 Å². The van der Waals surface area contributed by atoms with Gasteiger partial charge in [0.05, 0.1) is 15.9 Å². The number of rotatable bonds is 6. The number of nitrogens with zero attached hydrogens (tertiary/aromatic N) is 1. The molecule has 120 valence electrons. The Morgan fingerprint density at radius 3 is 2.41 bits per heavy atom. The summed E-state index contributed by atoms with van der Waals surface area (Å²) in [7, 11) is -3.24. The zero-order valence-electron chi connectivity index (χ0n) is 12.5. The lowest BCUT2D eigenvalue weighted by molar-refractivity contribution is -0.122. The van der Waals surface area contributed by atoms with Crippen LogP contribution in [0.3, 0.4) is 0 Å². The van der Waals surface area contributed by atoms with Crippen molar-refractivity contribution in [3.8, 4) is 0 Å². The van der Waals surface area contributed by atoms with Gasteiger partial charge in [-0.1, -0.05) is 30.1 Å². The predicted octanol–water partition coefficient (Wildman–Crippen LogP) is 1.63. The first-order chi connectivity index (χ1) is 10.4. The third kappa shape index (κ3) is 3.85. The van der Waals surface area contributed by atoms with Crippen LogP contribution in [0, 0.1) is 0 Å². The third-order valence-electron chi connectivity index (χ3n) is 3.75. The number of oxime groups is 1. The lowest BCUT2D eigenvalue weighted by Crippen LogP contribution is -2.18. The number of hydrogen-bond donors (Lipinski definition) is 1. The quantitative estimate of drug-likeness (QED) is 0.635. The monoisotopic (exact) mass is 324 g/mol. The zero-order chi connectivity index (χ0) is 16.2. The van der Waals surface area contributed by atoms with E-state index in [1.54, 1.807) is 31.2 Å². The Hall–Kier alpha value is -1.89. The molecule has 2 rings (SSSR count). The van der Waals surface area contributed by atoms with Crippen LogP contribution in [0.2, 0.25) is 0 Å². The fraction of sp³-hybridized carbons (Fsp3) is 0.467. The summed E-state index contributed by atoms with van der Waals surface area (Å²) in [6, 6.07) is 6.56. The molecule has 1 saturated carbocycles. The van der Waals surface area contributed by atoms with E-state index in [9.17, 15) is 13.2 Å². The maximum Gasteiger partial charge on any atom is 0.258 e. The minimum absolute atomic E-state index is 0.257. The number of nitrogens with two attached hydrogens (primary N) is 1. The van der Waals surface area contributed by atoms with Crippen molar-refractivity contribution >= 4 is 21.5 Å². The third-order valence-corrected chi connectivity index (χ3v) is 6.03. The topological polar surface area (TPSA) is 98.8 Å². The molecule has 0 aromatic heterocycles. The van der Waals surface area contributed by atoms with Crippen LogP contribution in [0.4, 0.5) is 0 Å². The van der Waals surface area contributed by atoms with Crippen LogP contribution < -0.4 is 5.73 Å². The van der Waals surface area contributed by atoms with Gasteiger partial charge in [-0.3, -0.25) is 4.79 Å². The first-order valence-corrected chi connectivity index (χ1v) is 8.75. The van der Waals surface area contributed by atoms with E-state index in [0.29, 0.717) is 10.6 Å². The summed E-state index contributed by atoms with van der Waals surface area (Å²) in [4.78, 5) is 15.7. The molecule has 0 saturated heterocycles. The van der Waals surface area contributed by atoms with Crippen molar-refractivity contribution < 1.29 is 18.0 Å². The number of amides is 1. The van der Waals surface area contributed by atoms with Crippen LogP contribution in [0.25, 0.3) is 0 Å². The number of carbonyl (C=O) groups is 1. The summed E-state index contributed by atoms with van der Waals surface area (Å²) in [5, 5.41) is 3.51. The van der Waals surface area contributed by atoms with Gasteiger partial charge in [-0.2, -0.15) is 0 Å². The van der Waals surface area contributed by atoms with E-state index in [1.165, 1.54) is 0 Å². The maximum absolute atomic E-state index is 12.5. The van der Waals surface area contributed by atoms with Crippen LogP contribution in [0.5, 0.6) is 0 Å². The summed E-state index contributed by atoms with van der Waals surface area (Å²) in [5.41, 5.74) is 6.22. The highest BCUT2D eigenvalue weighted by Gasteiger charge is 2.30. The standard InChI is InChI=1S/C15H20N2O4S/c1-11(17-21-10-15(16)18)12-6-8-14(9-7-12)22(19,20)13-4-2-3-5-13/h6-9,13H,2-5,10H2,1H3,(H2,16,18). The fourth-order valence-electron chi connectivity index (χ4n) is 2.52. The summed E-state index contributed by atoms with van der Waals surface area (Å²) >= 11 is 0. The van der Waals surface area contributed by atoms with E-state index in [4.69, 9.17) is 10.6 Å². The van der Waals surface area contributed by atoms with Crippen molar-refractivity contribution in [2.75, 3.05) is 6.61 Å². The van der Waals surface area contributed by atoms with Gasteiger partial charge in [0.2, 0.25) is 0 Å². The van der Waals surface area contributed by atoms with Crippen LogP contribution in [-0.4, -0.2) is 31.9 Å². The van der Waals surface area contributed by atoms with Gasteiger partial charge in [-0.25, -0.2) is 8.42 Å². The highest BCUT2D eigenvalue weighted by molar-refractivity contribution is 7.92. The predicted molar refractivity (Wildman–Crippen MR) is 83.2 cm³/mol. The molecular formula is C15H20N2O4S. The molecule has 2 N–H and O–H groups in total. The van der Waals surface area contributed by atoms with Gasteiger partial charge in [-0.15, -0.1) is 0 Å². The molecule has 0 heterocycles. The van der Waals surface area contributed by atoms with Gasteiger partial charge in [-0.05, 0) is 37.5 Å². The second kappa shape index (κ2) is 6.91. The largest absolute Gasteiger partial charge is 0.385 e. The zero-order valence-corrected chi connectivity index (χ0v) is 13.3. The maximum atomic E-state index is 12.5. The number of hydrogen-bond acceptors (Lipinski definition) is 5. The molecule has 0 atom stereocenters. The number of primary amides is 1. The van der Waals surface area contributed by atoms with Crippen molar-refractivity contribution in [3.05, 3.63) is 29.8 Å². The molecule has 1 aliphatic rings. The summed E-state index contributed by atoms with van der Waals surface area (Å²) < 4.78 is 24.9. The summed E-state index contributed by atoms with van der Waals surface area (Å²) in [6.45, 7) is 1.42. The average Bonchev–Trinajstić information content (AvgIpc) is 3.02. The second-order valence-electron chi connectivity index (χ2n) is 5.39. The van der Waals surface area contributed by atoms with Gasteiger partial charge < -0.3 is 10.6 Å². The molecule has 22 heavy (non-hydrogen) atoms. The molecule has 0 spiro atoms. The molecule has 7 heteroatoms. The van der Waals surface area contributed by atoms with Gasteiger partial charge in [0, 0.05) is 0 Å². The second-order valence-corrected chi connectivity index (χ2v) is 7.62. The molecule has 1 aliphatic carbocycles. The summed E-state index contributed by atoms with van der Waals surface area (Å²) in [5.74, 6) is -0.602. The Morgan fingerprint density at radius 1 is 1.27 bits per heavy atom. The minimum atomic E-state index is -3.24. The van der Waals surface area contributed by atoms with Crippen molar-refractivity contribution in [1.29, 1.82) is 0 Å². The Balaban J connectivity index is 2.11. The lowest BCUT2D eigenvalue weighted by Gasteiger charge is -2.11. The molecule has 1 aromatic rings. The molecular weight excluding hydrogens is 304 g/mol. The van der Waals surface area contributed by atoms with E-state index in [0.717, 1.165) is 31.2 Å². The molecule has 0 unspecified atom stereocenters. The van der Waals surface area contributed by atoms with Gasteiger partial charge in [0.15, 0.2) is 16.4 Å². The average molecular weight is 324 g/mol. The Bertz CT molecular complexity index is 659. The van der Waals surface area contributed by atoms with Crippen molar-refractivity contribution in [2.24, 2.45) is 10.9 Å². The van der Waals surface area contributed by atoms with Crippen molar-refractivity contribution in [3.63, 3.8) is 0 Å². The van der Waals surface area contributed by atoms with Gasteiger partial charge >= 0.3 is 0 Å². The van der Waals surface area contributed by atoms with E-state index >= 15 is 0 Å². The number of benzene rings is 1. The normalized spacial score (nSPS) is 16.7. The van der Waals surface area contributed by atoms with Crippen LogP contribution in [-0.2, 0) is 19.5 Å². The highest BCUT2D eigenvalue weighted by atomic mass is 32.2. The Morgan fingerprint density at radius 2 is 1.86 bits per heavy atom. The molecule has 1 fully saturated rings. The highest BCUT2D eigenvalue weighted by Crippen LogP contribution is 2.29. The van der Waals surface area contributed by atoms with Gasteiger partial charge in [0.25, 0.3) is 5.91 Å². The molecule has 0 aliphatic heterocycles. The minimum Gasteiger partial charge on any atom is -0.385 e. The van der Waals surface area contributed by atoms with Crippen molar-refractivity contribution in [1.82, 2.24) is 0 Å². The van der Waals surface area contributed by atoms with E-state index in [2.05, 4.69) is 5.16 Å². The van der Waals surface area contributed by atoms with Crippen LogP contribution >= 0.6 is 0 Å². The number of sulfone groups is 1. The number of carbonyl (C=O) groups excluding carboxylic acids is 1. The van der Waals surface area contributed by atoms with E-state index in [1.807, 2.05) is 0 Å². The SMILES string of the molecule is CC(=NOCC(N)=O)c1ccc(S(=O)(=O)C2CCCC2)cc1. The van der Waals surface area contributed by atoms with E-state index < -0.39 is 15.7 Å². The van der Waals surface area contributed by atoms with Crippen molar-refractivity contribution in [2.45, 2.75) is 42.8 Å². The van der Waals surface area contributed by atoms with E-state index in [-0.39, 0.29) is 11.9 Å². The first kappa shape index (κ1) is 16.5. The molecule has 1 aromatic carbocycles. The molecule has 1 amide bonds. The van der Waals surface area contributed by atoms with Crippen LogP contribution in [0.15, 0.2) is 34.3 Å². The Kier molecular flexibility index (Phi) is 5.18. The van der Waals surface area contributed by atoms with Gasteiger partial charge in [0.1, 0.15) is 0 Å². The molecule has 0 radical (unpaired) electrons. The molecule has 0 bridgehead atoms. The fourth-order valence-corrected chi connectivity index (χ4v) is 4.38.